The highest BCUT2D eigenvalue weighted by Gasteiger charge is 2.09. The third-order valence-corrected chi connectivity index (χ3v) is 2.73. The molecular formula is C12H21F2N3O2. The highest BCUT2D eigenvalue weighted by molar-refractivity contribution is 4.87. The first-order valence-corrected chi connectivity index (χ1v) is 6.49. The van der Waals surface area contributed by atoms with Gasteiger partial charge in [0.25, 0.3) is 6.43 Å². The van der Waals surface area contributed by atoms with E-state index in [4.69, 9.17) is 15.0 Å². The van der Waals surface area contributed by atoms with Crippen LogP contribution in [0.1, 0.15) is 31.5 Å². The molecule has 2 N–H and O–H groups in total. The van der Waals surface area contributed by atoms with Crippen molar-refractivity contribution >= 4 is 0 Å². The number of rotatable bonds is 10. The van der Waals surface area contributed by atoms with Gasteiger partial charge in [0.15, 0.2) is 5.82 Å². The van der Waals surface area contributed by atoms with Crippen LogP contribution in [0.2, 0.25) is 0 Å². The molecule has 1 aromatic heterocycles. The summed E-state index contributed by atoms with van der Waals surface area (Å²) in [5.41, 5.74) is 5.47. The summed E-state index contributed by atoms with van der Waals surface area (Å²) in [6.45, 7) is 2.42. The lowest BCUT2D eigenvalue weighted by molar-refractivity contribution is 0.0182. The third kappa shape index (κ3) is 7.17. The fourth-order valence-corrected chi connectivity index (χ4v) is 1.63. The van der Waals surface area contributed by atoms with Gasteiger partial charge in [-0.25, -0.2) is 8.78 Å². The van der Waals surface area contributed by atoms with E-state index in [0.29, 0.717) is 37.0 Å². The van der Waals surface area contributed by atoms with Gasteiger partial charge in [0.2, 0.25) is 5.89 Å². The molecule has 1 unspecified atom stereocenters. The Hall–Kier alpha value is -1.08. The number of hydrogen-bond acceptors (Lipinski definition) is 5. The number of nitrogens with zero attached hydrogens (tertiary/aromatic N) is 2. The molecule has 0 aliphatic heterocycles. The Morgan fingerprint density at radius 2 is 2.11 bits per heavy atom. The van der Waals surface area contributed by atoms with Crippen LogP contribution in [0.25, 0.3) is 0 Å². The van der Waals surface area contributed by atoms with E-state index in [2.05, 4.69) is 17.1 Å². The second-order valence-electron chi connectivity index (χ2n) is 4.54. The van der Waals surface area contributed by atoms with E-state index in [1.807, 2.05) is 0 Å². The van der Waals surface area contributed by atoms with E-state index in [1.165, 1.54) is 0 Å². The third-order valence-electron chi connectivity index (χ3n) is 2.73. The molecule has 0 aliphatic rings. The maximum absolute atomic E-state index is 11.8. The summed E-state index contributed by atoms with van der Waals surface area (Å²) < 4.78 is 33.5. The number of ether oxygens (including phenoxy) is 1. The Bertz CT molecular complexity index is 347. The predicted octanol–water partition coefficient (Wildman–Crippen LogP) is 1.81. The van der Waals surface area contributed by atoms with Crippen LogP contribution in [0.3, 0.4) is 0 Å². The predicted molar refractivity (Wildman–Crippen MR) is 66.0 cm³/mol. The molecule has 5 nitrogen and oxygen atoms in total. The van der Waals surface area contributed by atoms with Crippen LogP contribution in [0.5, 0.6) is 0 Å². The molecule has 0 aromatic carbocycles. The molecular weight excluding hydrogens is 256 g/mol. The van der Waals surface area contributed by atoms with Gasteiger partial charge in [-0.3, -0.25) is 0 Å². The molecule has 0 amide bonds. The summed E-state index contributed by atoms with van der Waals surface area (Å²) in [5, 5.41) is 3.78. The lowest BCUT2D eigenvalue weighted by Crippen LogP contribution is -2.08. The number of nitrogens with two attached hydrogens (primary N) is 1. The second kappa shape index (κ2) is 8.92. The summed E-state index contributed by atoms with van der Waals surface area (Å²) in [7, 11) is 0. The lowest BCUT2D eigenvalue weighted by atomic mass is 10.0. The van der Waals surface area contributed by atoms with E-state index in [1.54, 1.807) is 0 Å². The van der Waals surface area contributed by atoms with Crippen LogP contribution in [0.15, 0.2) is 4.52 Å². The summed E-state index contributed by atoms with van der Waals surface area (Å²) >= 11 is 0. The summed E-state index contributed by atoms with van der Waals surface area (Å²) in [6, 6.07) is 0. The number of halogens is 2. The molecule has 0 saturated heterocycles. The molecule has 1 aromatic rings. The van der Waals surface area contributed by atoms with Crippen molar-refractivity contribution in [3.05, 3.63) is 11.7 Å². The average molecular weight is 277 g/mol. The number of hydrogen-bond donors (Lipinski definition) is 1. The van der Waals surface area contributed by atoms with Gasteiger partial charge in [0, 0.05) is 12.8 Å². The van der Waals surface area contributed by atoms with E-state index in [9.17, 15) is 8.78 Å². The minimum atomic E-state index is -2.44. The standard InChI is InChI=1S/C12H21F2N3O2/c1-9(4-6-15)2-3-12-16-11(17-19-12)5-7-18-8-10(13)14/h9-10H,2-8,15H2,1H3. The van der Waals surface area contributed by atoms with Crippen molar-refractivity contribution in [3.63, 3.8) is 0 Å². The van der Waals surface area contributed by atoms with Crippen molar-refractivity contribution < 1.29 is 18.0 Å². The quantitative estimate of drug-likeness (QED) is 0.660. The fourth-order valence-electron chi connectivity index (χ4n) is 1.63. The van der Waals surface area contributed by atoms with Gasteiger partial charge in [0.05, 0.1) is 6.61 Å². The average Bonchev–Trinajstić information content (AvgIpc) is 2.80. The Labute approximate surface area is 111 Å². The van der Waals surface area contributed by atoms with Gasteiger partial charge in [-0.1, -0.05) is 12.1 Å². The minimum Gasteiger partial charge on any atom is -0.375 e. The van der Waals surface area contributed by atoms with Crippen LogP contribution in [0.4, 0.5) is 8.78 Å². The van der Waals surface area contributed by atoms with Gasteiger partial charge in [-0.05, 0) is 25.3 Å². The lowest BCUT2D eigenvalue weighted by Gasteiger charge is -2.06. The Morgan fingerprint density at radius 1 is 1.32 bits per heavy atom. The van der Waals surface area contributed by atoms with Crippen molar-refractivity contribution in [2.24, 2.45) is 11.7 Å². The highest BCUT2D eigenvalue weighted by Crippen LogP contribution is 2.11. The smallest absolute Gasteiger partial charge is 0.261 e. The first-order valence-electron chi connectivity index (χ1n) is 6.49. The topological polar surface area (TPSA) is 74.2 Å². The zero-order valence-corrected chi connectivity index (χ0v) is 11.1. The number of aryl methyl sites for hydroxylation is 1. The molecule has 1 atom stereocenters. The molecule has 19 heavy (non-hydrogen) atoms. The normalized spacial score (nSPS) is 13.1. The van der Waals surface area contributed by atoms with Crippen LogP contribution < -0.4 is 5.73 Å². The minimum absolute atomic E-state index is 0.174. The maximum atomic E-state index is 11.8. The number of aromatic nitrogens is 2. The SMILES string of the molecule is CC(CCN)CCc1nc(CCOCC(F)F)no1. The van der Waals surface area contributed by atoms with Crippen molar-refractivity contribution in [1.82, 2.24) is 10.1 Å². The van der Waals surface area contributed by atoms with Crippen molar-refractivity contribution in [1.29, 1.82) is 0 Å². The molecule has 1 heterocycles. The summed E-state index contributed by atoms with van der Waals surface area (Å²) in [4.78, 5) is 4.18. The van der Waals surface area contributed by atoms with E-state index in [0.717, 1.165) is 12.8 Å². The van der Waals surface area contributed by atoms with E-state index >= 15 is 0 Å². The Balaban J connectivity index is 2.20. The zero-order chi connectivity index (χ0) is 14.1. The highest BCUT2D eigenvalue weighted by atomic mass is 19.3. The van der Waals surface area contributed by atoms with Gasteiger partial charge >= 0.3 is 0 Å². The molecule has 110 valence electrons. The molecule has 0 aliphatic carbocycles. The molecule has 7 heteroatoms. The van der Waals surface area contributed by atoms with E-state index < -0.39 is 13.0 Å². The van der Waals surface area contributed by atoms with Crippen LogP contribution in [0, 0.1) is 5.92 Å². The Kier molecular flexibility index (Phi) is 7.50. The molecule has 1 rings (SSSR count). The molecule has 0 fully saturated rings. The first kappa shape index (κ1) is 16.0. The van der Waals surface area contributed by atoms with Gasteiger partial charge in [-0.2, -0.15) is 4.98 Å². The van der Waals surface area contributed by atoms with Gasteiger partial charge in [0.1, 0.15) is 6.61 Å². The monoisotopic (exact) mass is 277 g/mol. The van der Waals surface area contributed by atoms with Crippen molar-refractivity contribution in [3.8, 4) is 0 Å². The zero-order valence-electron chi connectivity index (χ0n) is 11.1. The van der Waals surface area contributed by atoms with Gasteiger partial charge in [-0.15, -0.1) is 0 Å². The molecule has 0 radical (unpaired) electrons. The largest absolute Gasteiger partial charge is 0.375 e. The molecule has 0 spiro atoms. The van der Waals surface area contributed by atoms with Crippen molar-refractivity contribution in [2.75, 3.05) is 19.8 Å². The maximum Gasteiger partial charge on any atom is 0.261 e. The molecule has 0 saturated carbocycles. The Morgan fingerprint density at radius 3 is 2.79 bits per heavy atom. The molecule has 0 bridgehead atoms. The van der Waals surface area contributed by atoms with Gasteiger partial charge < -0.3 is 15.0 Å². The second-order valence-corrected chi connectivity index (χ2v) is 4.54. The van der Waals surface area contributed by atoms with Crippen LogP contribution >= 0.6 is 0 Å². The van der Waals surface area contributed by atoms with Crippen LogP contribution in [-0.4, -0.2) is 36.3 Å². The number of alkyl halides is 2. The van der Waals surface area contributed by atoms with Crippen LogP contribution in [-0.2, 0) is 17.6 Å². The first-order chi connectivity index (χ1) is 9.11. The summed E-state index contributed by atoms with van der Waals surface area (Å²) in [5.74, 6) is 1.60. The van der Waals surface area contributed by atoms with Crippen molar-refractivity contribution in [2.45, 2.75) is 39.0 Å². The fraction of sp³-hybridized carbons (Fsp3) is 0.833. The summed E-state index contributed by atoms with van der Waals surface area (Å²) in [6.07, 6.45) is 0.578. The van der Waals surface area contributed by atoms with E-state index in [-0.39, 0.29) is 6.61 Å².